The number of hydrogen-bond donors (Lipinski definition) is 1. The molecule has 7 heteroatoms. The smallest absolute Gasteiger partial charge is 0.304 e. The molecule has 112 valence electrons. The third-order valence-electron chi connectivity index (χ3n) is 3.39. The highest BCUT2D eigenvalue weighted by Gasteiger charge is 2.29. The number of aliphatic hydroxyl groups excluding tert-OH is 1. The van der Waals surface area contributed by atoms with Crippen molar-refractivity contribution in [3.63, 3.8) is 0 Å². The fraction of sp³-hybridized carbons (Fsp3) is 0.692. The second kappa shape index (κ2) is 6.51. The summed E-state index contributed by atoms with van der Waals surface area (Å²) in [7, 11) is 0. The van der Waals surface area contributed by atoms with Gasteiger partial charge in [-0.2, -0.15) is 0 Å². The van der Waals surface area contributed by atoms with Gasteiger partial charge in [-0.15, -0.1) is 11.3 Å². The summed E-state index contributed by atoms with van der Waals surface area (Å²) in [5.41, 5.74) is 0.0862. The van der Waals surface area contributed by atoms with Crippen LogP contribution in [-0.4, -0.2) is 35.8 Å². The molecule has 2 rings (SSSR count). The molecule has 0 aliphatic carbocycles. The molecule has 2 atom stereocenters. The minimum absolute atomic E-state index is 0.0862. The van der Waals surface area contributed by atoms with Crippen molar-refractivity contribution in [3.05, 3.63) is 21.1 Å². The van der Waals surface area contributed by atoms with Gasteiger partial charge >= 0.3 is 5.69 Å². The average molecular weight is 300 g/mol. The lowest BCUT2D eigenvalue weighted by Gasteiger charge is -2.32. The van der Waals surface area contributed by atoms with Crippen LogP contribution in [0.3, 0.4) is 0 Å². The Morgan fingerprint density at radius 2 is 2.45 bits per heavy atom. The van der Waals surface area contributed by atoms with Crippen molar-refractivity contribution >= 4 is 22.0 Å². The van der Waals surface area contributed by atoms with E-state index in [0.29, 0.717) is 23.0 Å². The first kappa shape index (κ1) is 15.2. The van der Waals surface area contributed by atoms with Gasteiger partial charge in [-0.1, -0.05) is 0 Å². The zero-order valence-electron chi connectivity index (χ0n) is 11.7. The summed E-state index contributed by atoms with van der Waals surface area (Å²) < 4.78 is 5.63. The van der Waals surface area contributed by atoms with Crippen LogP contribution in [0.15, 0.2) is 6.07 Å². The predicted molar refractivity (Wildman–Crippen MR) is 78.5 cm³/mol. The van der Waals surface area contributed by atoms with Crippen LogP contribution in [0.2, 0.25) is 0 Å². The molecule has 1 N–H and O–H groups in total. The predicted octanol–water partition coefficient (Wildman–Crippen LogP) is 2.71. The largest absolute Gasteiger partial charge is 0.388 e. The zero-order valence-corrected chi connectivity index (χ0v) is 12.6. The van der Waals surface area contributed by atoms with Crippen LogP contribution in [0.1, 0.15) is 37.7 Å². The summed E-state index contributed by atoms with van der Waals surface area (Å²) in [6.45, 7) is 5.71. The molecule has 20 heavy (non-hydrogen) atoms. The van der Waals surface area contributed by atoms with Gasteiger partial charge in [0.05, 0.1) is 17.1 Å². The van der Waals surface area contributed by atoms with E-state index in [1.807, 2.05) is 11.8 Å². The van der Waals surface area contributed by atoms with Crippen LogP contribution in [0.5, 0.6) is 0 Å². The van der Waals surface area contributed by atoms with E-state index in [9.17, 15) is 15.2 Å². The molecule has 0 saturated carbocycles. The van der Waals surface area contributed by atoms with Crippen LogP contribution in [0, 0.1) is 10.1 Å². The van der Waals surface area contributed by atoms with E-state index in [-0.39, 0.29) is 16.7 Å². The molecule has 1 aromatic heterocycles. The Labute approximate surface area is 122 Å². The van der Waals surface area contributed by atoms with Gasteiger partial charge in [0.1, 0.15) is 0 Å². The number of nitrogens with zero attached hydrogens (tertiary/aromatic N) is 2. The number of thiophene rings is 1. The monoisotopic (exact) mass is 300 g/mol. The summed E-state index contributed by atoms with van der Waals surface area (Å²) in [5.74, 6) is 0. The maximum absolute atomic E-state index is 11.2. The Hall–Kier alpha value is -1.18. The molecule has 6 nitrogen and oxygen atoms in total. The van der Waals surface area contributed by atoms with Crippen LogP contribution in [-0.2, 0) is 4.74 Å². The van der Waals surface area contributed by atoms with Crippen molar-refractivity contribution in [2.45, 2.75) is 38.9 Å². The fourth-order valence-corrected chi connectivity index (χ4v) is 3.54. The maximum atomic E-state index is 11.2. The number of aliphatic hydroxyl groups is 1. The molecule has 1 aromatic rings. The van der Waals surface area contributed by atoms with E-state index in [0.717, 1.165) is 19.4 Å². The molecular formula is C13H20N2O4S. The van der Waals surface area contributed by atoms with Gasteiger partial charge in [-0.3, -0.25) is 10.1 Å². The lowest BCUT2D eigenvalue weighted by atomic mass is 10.1. The van der Waals surface area contributed by atoms with Gasteiger partial charge in [0.2, 0.25) is 0 Å². The van der Waals surface area contributed by atoms with Crippen LogP contribution >= 0.6 is 11.3 Å². The highest BCUT2D eigenvalue weighted by Crippen LogP contribution is 2.41. The number of nitro groups is 1. The van der Waals surface area contributed by atoms with Crippen molar-refractivity contribution in [1.82, 2.24) is 0 Å². The average Bonchev–Trinajstić information content (AvgIpc) is 2.85. The van der Waals surface area contributed by atoms with Gasteiger partial charge in [0.25, 0.3) is 0 Å². The Morgan fingerprint density at radius 1 is 1.70 bits per heavy atom. The standard InChI is InChI=1S/C13H20N2O4S/c1-3-19-10-5-4-6-14(8-10)13-11(15(17)18)7-12(20-13)9(2)16/h7,9-10,16H,3-6,8H2,1-2H3/t9-,10?/m1/s1. The number of piperidine rings is 1. The van der Waals surface area contributed by atoms with Crippen molar-refractivity contribution in [1.29, 1.82) is 0 Å². The second-order valence-corrected chi connectivity index (χ2v) is 6.00. The SMILES string of the molecule is CCOC1CCCN(c2sc([C@@H](C)O)cc2[N+](=O)[O-])C1. The van der Waals surface area contributed by atoms with E-state index >= 15 is 0 Å². The normalized spacial score (nSPS) is 20.9. The minimum Gasteiger partial charge on any atom is -0.388 e. The maximum Gasteiger partial charge on any atom is 0.304 e. The van der Waals surface area contributed by atoms with E-state index in [1.165, 1.54) is 17.4 Å². The first-order valence-electron chi connectivity index (χ1n) is 6.85. The Bertz CT molecular complexity index is 473. The number of hydrogen-bond acceptors (Lipinski definition) is 6. The van der Waals surface area contributed by atoms with Gasteiger partial charge in [0, 0.05) is 30.6 Å². The second-order valence-electron chi connectivity index (χ2n) is 4.94. The Morgan fingerprint density at radius 3 is 3.05 bits per heavy atom. The first-order valence-corrected chi connectivity index (χ1v) is 7.67. The first-order chi connectivity index (χ1) is 9.52. The van der Waals surface area contributed by atoms with Crippen LogP contribution < -0.4 is 4.90 Å². The zero-order chi connectivity index (χ0) is 14.7. The highest BCUT2D eigenvalue weighted by molar-refractivity contribution is 7.16. The molecule has 0 spiro atoms. The van der Waals surface area contributed by atoms with Crippen molar-refractivity contribution in [3.8, 4) is 0 Å². The molecule has 1 unspecified atom stereocenters. The fourth-order valence-electron chi connectivity index (χ4n) is 2.45. The van der Waals surface area contributed by atoms with Crippen LogP contribution in [0.4, 0.5) is 10.7 Å². The Kier molecular flexibility index (Phi) is 4.95. The van der Waals surface area contributed by atoms with Crippen molar-refractivity contribution in [2.24, 2.45) is 0 Å². The third kappa shape index (κ3) is 3.28. The topological polar surface area (TPSA) is 75.8 Å². The lowest BCUT2D eigenvalue weighted by molar-refractivity contribution is -0.383. The molecule has 1 aliphatic heterocycles. The molecule has 0 radical (unpaired) electrons. The molecule has 1 aliphatic rings. The van der Waals surface area contributed by atoms with Gasteiger partial charge in [-0.25, -0.2) is 0 Å². The third-order valence-corrected chi connectivity index (χ3v) is 4.74. The number of anilines is 1. The van der Waals surface area contributed by atoms with Gasteiger partial charge in [0.15, 0.2) is 5.00 Å². The summed E-state index contributed by atoms with van der Waals surface area (Å²) in [6.07, 6.45) is 1.40. The van der Waals surface area contributed by atoms with Crippen molar-refractivity contribution in [2.75, 3.05) is 24.6 Å². The van der Waals surface area contributed by atoms with Crippen LogP contribution in [0.25, 0.3) is 0 Å². The van der Waals surface area contributed by atoms with E-state index in [1.54, 1.807) is 6.92 Å². The molecule has 0 aromatic carbocycles. The lowest BCUT2D eigenvalue weighted by Crippen LogP contribution is -2.39. The highest BCUT2D eigenvalue weighted by atomic mass is 32.1. The van der Waals surface area contributed by atoms with Gasteiger partial charge < -0.3 is 14.7 Å². The van der Waals surface area contributed by atoms with E-state index < -0.39 is 6.10 Å². The van der Waals surface area contributed by atoms with Crippen molar-refractivity contribution < 1.29 is 14.8 Å². The molecule has 1 fully saturated rings. The molecular weight excluding hydrogens is 280 g/mol. The summed E-state index contributed by atoms with van der Waals surface area (Å²) in [6, 6.07) is 1.48. The number of rotatable bonds is 5. The summed E-state index contributed by atoms with van der Waals surface area (Å²) in [4.78, 5) is 13.4. The van der Waals surface area contributed by atoms with E-state index in [2.05, 4.69) is 0 Å². The van der Waals surface area contributed by atoms with Gasteiger partial charge in [-0.05, 0) is 26.7 Å². The molecule has 0 bridgehead atoms. The van der Waals surface area contributed by atoms with E-state index in [4.69, 9.17) is 4.74 Å². The quantitative estimate of drug-likeness (QED) is 0.668. The summed E-state index contributed by atoms with van der Waals surface area (Å²) in [5, 5.41) is 21.4. The molecule has 1 saturated heterocycles. The Balaban J connectivity index is 2.24. The molecule has 2 heterocycles. The minimum atomic E-state index is -0.681. The number of ether oxygens (including phenoxy) is 1. The molecule has 0 amide bonds. The summed E-state index contributed by atoms with van der Waals surface area (Å²) >= 11 is 1.30.